The third-order valence-corrected chi connectivity index (χ3v) is 1.91. The monoisotopic (exact) mass is 151 g/mol. The molecule has 1 aliphatic rings. The summed E-state index contributed by atoms with van der Waals surface area (Å²) in [5.41, 5.74) is 3.04. The van der Waals surface area contributed by atoms with Crippen molar-refractivity contribution in [3.8, 4) is 0 Å². The van der Waals surface area contributed by atoms with Crippen molar-refractivity contribution in [1.82, 2.24) is 0 Å². The second-order valence-corrected chi connectivity index (χ2v) is 2.57. The first-order valence-electron chi connectivity index (χ1n) is 4.73. The molecule has 1 radical (unpaired) electrons. The predicted octanol–water partition coefficient (Wildman–Crippen LogP) is 3.74. The van der Waals surface area contributed by atoms with Crippen molar-refractivity contribution in [2.45, 2.75) is 46.5 Å². The molecule has 0 saturated carbocycles. The Morgan fingerprint density at radius 3 is 2.82 bits per heavy atom. The minimum absolute atomic E-state index is 0.896. The van der Waals surface area contributed by atoms with Crippen LogP contribution in [-0.4, -0.2) is 0 Å². The predicted molar refractivity (Wildman–Crippen MR) is 50.3 cm³/mol. The van der Waals surface area contributed by atoms with Gasteiger partial charge in [-0.1, -0.05) is 27.2 Å². The van der Waals surface area contributed by atoms with Crippen LogP contribution in [0, 0.1) is 12.0 Å². The van der Waals surface area contributed by atoms with Gasteiger partial charge in [-0.25, -0.2) is 0 Å². The van der Waals surface area contributed by atoms with E-state index in [0.717, 1.165) is 12.3 Å². The lowest BCUT2D eigenvalue weighted by molar-refractivity contribution is 0.483. The van der Waals surface area contributed by atoms with Crippen LogP contribution in [0.2, 0.25) is 0 Å². The SMILES string of the molecule is CC.CCC1CC=C=[C]CC1. The standard InChI is InChI=1S/C9H13.C2H6/c1-2-9-7-5-3-4-6-8-9;1-2/h5,9H,2,6-8H2,1H3;1-2H3. The Morgan fingerprint density at radius 2 is 2.18 bits per heavy atom. The van der Waals surface area contributed by atoms with Crippen molar-refractivity contribution in [3.63, 3.8) is 0 Å². The highest BCUT2D eigenvalue weighted by molar-refractivity contribution is 4.85. The minimum Gasteiger partial charge on any atom is -0.121 e. The van der Waals surface area contributed by atoms with E-state index in [1.165, 1.54) is 19.3 Å². The molecule has 0 N–H and O–H groups in total. The van der Waals surface area contributed by atoms with E-state index in [0.29, 0.717) is 0 Å². The van der Waals surface area contributed by atoms with Gasteiger partial charge in [0.15, 0.2) is 0 Å². The van der Waals surface area contributed by atoms with Gasteiger partial charge in [0, 0.05) is 6.08 Å². The summed E-state index contributed by atoms with van der Waals surface area (Å²) in [5, 5.41) is 0. The Kier molecular flexibility index (Phi) is 7.29. The zero-order valence-corrected chi connectivity index (χ0v) is 7.98. The van der Waals surface area contributed by atoms with E-state index in [9.17, 15) is 0 Å². The van der Waals surface area contributed by atoms with E-state index in [1.807, 2.05) is 13.8 Å². The fourth-order valence-corrected chi connectivity index (χ4v) is 1.13. The second-order valence-electron chi connectivity index (χ2n) is 2.57. The molecule has 11 heavy (non-hydrogen) atoms. The molecule has 0 nitrogen and oxygen atoms in total. The van der Waals surface area contributed by atoms with Gasteiger partial charge in [0.2, 0.25) is 0 Å². The lowest BCUT2D eigenvalue weighted by Gasteiger charge is -2.07. The average molecular weight is 151 g/mol. The molecular formula is C11H19. The van der Waals surface area contributed by atoms with Crippen LogP contribution in [-0.2, 0) is 0 Å². The molecule has 1 unspecified atom stereocenters. The van der Waals surface area contributed by atoms with E-state index < -0.39 is 0 Å². The Balaban J connectivity index is 0.000000461. The fraction of sp³-hybridized carbons (Fsp3) is 0.727. The first-order valence-corrected chi connectivity index (χ1v) is 4.73. The average Bonchev–Trinajstić information content (AvgIpc) is 2.35. The Hall–Kier alpha value is -0.480. The summed E-state index contributed by atoms with van der Waals surface area (Å²) in [5.74, 6) is 0.896. The van der Waals surface area contributed by atoms with Crippen molar-refractivity contribution in [2.24, 2.45) is 5.92 Å². The van der Waals surface area contributed by atoms with Gasteiger partial charge in [0.25, 0.3) is 0 Å². The summed E-state index contributed by atoms with van der Waals surface area (Å²) >= 11 is 0. The van der Waals surface area contributed by atoms with Crippen LogP contribution in [0.1, 0.15) is 46.5 Å². The van der Waals surface area contributed by atoms with Gasteiger partial charge >= 0.3 is 0 Å². The molecule has 0 aliphatic heterocycles. The molecule has 0 saturated heterocycles. The third-order valence-electron chi connectivity index (χ3n) is 1.91. The molecule has 0 aromatic heterocycles. The smallest absolute Gasteiger partial charge is 0.00454 e. The van der Waals surface area contributed by atoms with Crippen molar-refractivity contribution in [1.29, 1.82) is 0 Å². The van der Waals surface area contributed by atoms with Crippen LogP contribution in [0.25, 0.3) is 0 Å². The number of rotatable bonds is 1. The molecule has 0 aromatic rings. The second kappa shape index (κ2) is 7.63. The van der Waals surface area contributed by atoms with Gasteiger partial charge in [0.05, 0.1) is 0 Å². The molecule has 0 bridgehead atoms. The van der Waals surface area contributed by atoms with Crippen LogP contribution in [0.3, 0.4) is 0 Å². The highest BCUT2D eigenvalue weighted by Crippen LogP contribution is 2.17. The van der Waals surface area contributed by atoms with Gasteiger partial charge in [-0.15, -0.1) is 5.73 Å². The number of hydrogen-bond acceptors (Lipinski definition) is 0. The van der Waals surface area contributed by atoms with E-state index in [4.69, 9.17) is 0 Å². The molecule has 0 heteroatoms. The van der Waals surface area contributed by atoms with Gasteiger partial charge in [-0.2, -0.15) is 0 Å². The number of hydrogen-bond donors (Lipinski definition) is 0. The molecule has 1 rings (SSSR count). The van der Waals surface area contributed by atoms with Crippen molar-refractivity contribution < 1.29 is 0 Å². The quantitative estimate of drug-likeness (QED) is 0.501. The summed E-state index contributed by atoms with van der Waals surface area (Å²) in [6.45, 7) is 6.25. The van der Waals surface area contributed by atoms with E-state index in [-0.39, 0.29) is 0 Å². The Labute approximate surface area is 71.0 Å². The lowest BCUT2D eigenvalue weighted by atomic mass is 9.98. The zero-order valence-electron chi connectivity index (χ0n) is 7.98. The summed E-state index contributed by atoms with van der Waals surface area (Å²) in [6, 6.07) is 0. The molecular weight excluding hydrogens is 132 g/mol. The molecule has 0 amide bonds. The molecule has 0 aromatic carbocycles. The van der Waals surface area contributed by atoms with Crippen molar-refractivity contribution >= 4 is 0 Å². The Bertz CT molecular complexity index is 127. The lowest BCUT2D eigenvalue weighted by Crippen LogP contribution is -1.94. The summed E-state index contributed by atoms with van der Waals surface area (Å²) in [7, 11) is 0. The van der Waals surface area contributed by atoms with Crippen LogP contribution in [0.15, 0.2) is 11.8 Å². The van der Waals surface area contributed by atoms with Crippen LogP contribution in [0.5, 0.6) is 0 Å². The molecule has 0 fully saturated rings. The normalized spacial score (nSPS) is 21.9. The third kappa shape index (κ3) is 4.86. The van der Waals surface area contributed by atoms with E-state index in [2.05, 4.69) is 24.8 Å². The number of allylic oxidation sites excluding steroid dienone is 1. The first kappa shape index (κ1) is 10.5. The van der Waals surface area contributed by atoms with E-state index in [1.54, 1.807) is 0 Å². The van der Waals surface area contributed by atoms with Gasteiger partial charge in [-0.05, 0) is 31.3 Å². The van der Waals surface area contributed by atoms with Gasteiger partial charge in [0.1, 0.15) is 0 Å². The topological polar surface area (TPSA) is 0 Å². The molecule has 1 atom stereocenters. The molecule has 0 spiro atoms. The zero-order chi connectivity index (χ0) is 8.53. The minimum atomic E-state index is 0.896. The largest absolute Gasteiger partial charge is 0.121 e. The first-order chi connectivity index (χ1) is 5.43. The fourth-order valence-electron chi connectivity index (χ4n) is 1.13. The van der Waals surface area contributed by atoms with Gasteiger partial charge < -0.3 is 0 Å². The summed E-state index contributed by atoms with van der Waals surface area (Å²) in [4.78, 5) is 0. The maximum absolute atomic E-state index is 3.11. The van der Waals surface area contributed by atoms with Crippen LogP contribution in [0.4, 0.5) is 0 Å². The summed E-state index contributed by atoms with van der Waals surface area (Å²) in [6.07, 6.45) is 10.1. The van der Waals surface area contributed by atoms with Gasteiger partial charge in [-0.3, -0.25) is 0 Å². The van der Waals surface area contributed by atoms with Crippen molar-refractivity contribution in [3.05, 3.63) is 17.9 Å². The maximum Gasteiger partial charge on any atom is 0.00454 e. The van der Waals surface area contributed by atoms with Crippen molar-refractivity contribution in [2.75, 3.05) is 0 Å². The highest BCUT2D eigenvalue weighted by Gasteiger charge is 2.03. The maximum atomic E-state index is 3.11. The molecule has 1 aliphatic carbocycles. The highest BCUT2D eigenvalue weighted by atomic mass is 14.1. The molecule has 0 heterocycles. The molecule has 63 valence electrons. The Morgan fingerprint density at radius 1 is 1.45 bits per heavy atom. The van der Waals surface area contributed by atoms with Crippen LogP contribution >= 0.6 is 0 Å². The van der Waals surface area contributed by atoms with Crippen LogP contribution < -0.4 is 0 Å². The summed E-state index contributed by atoms with van der Waals surface area (Å²) < 4.78 is 0. The van der Waals surface area contributed by atoms with E-state index >= 15 is 0 Å².